The molecule has 5 heteroatoms. The lowest BCUT2D eigenvalue weighted by atomic mass is 10.1. The molecular formula is C15H25N3OS. The lowest BCUT2D eigenvalue weighted by Crippen LogP contribution is -2.26. The SMILES string of the molecule is CCCCCCC(C)NCc1c(OC)nc2sccn12. The molecule has 0 radical (unpaired) electrons. The number of fused-ring (bicyclic) bond motifs is 1. The van der Waals surface area contributed by atoms with Gasteiger partial charge in [0.1, 0.15) is 5.69 Å². The number of thiazole rings is 1. The maximum Gasteiger partial charge on any atom is 0.237 e. The first-order valence-electron chi connectivity index (χ1n) is 7.48. The summed E-state index contributed by atoms with van der Waals surface area (Å²) >= 11 is 1.64. The van der Waals surface area contributed by atoms with Crippen molar-refractivity contribution in [2.75, 3.05) is 7.11 Å². The van der Waals surface area contributed by atoms with Crippen LogP contribution in [0.3, 0.4) is 0 Å². The van der Waals surface area contributed by atoms with Crippen LogP contribution < -0.4 is 10.1 Å². The molecule has 0 amide bonds. The van der Waals surface area contributed by atoms with Gasteiger partial charge in [-0.2, -0.15) is 4.98 Å². The van der Waals surface area contributed by atoms with Crippen LogP contribution in [0.15, 0.2) is 11.6 Å². The average Bonchev–Trinajstić information content (AvgIpc) is 3.02. The van der Waals surface area contributed by atoms with Gasteiger partial charge in [-0.15, -0.1) is 11.3 Å². The standard InChI is InChI=1S/C15H25N3OS/c1-4-5-6-7-8-12(2)16-11-13-14(19-3)17-15-18(13)9-10-20-15/h9-10,12,16H,4-8,11H2,1-3H3. The Morgan fingerprint density at radius 2 is 2.25 bits per heavy atom. The Hall–Kier alpha value is -1.07. The second-order valence-electron chi connectivity index (χ2n) is 5.25. The van der Waals surface area contributed by atoms with E-state index in [4.69, 9.17) is 4.74 Å². The van der Waals surface area contributed by atoms with Crippen molar-refractivity contribution >= 4 is 16.3 Å². The monoisotopic (exact) mass is 295 g/mol. The smallest absolute Gasteiger partial charge is 0.237 e. The summed E-state index contributed by atoms with van der Waals surface area (Å²) in [4.78, 5) is 5.47. The molecule has 0 saturated carbocycles. The number of hydrogen-bond donors (Lipinski definition) is 1. The van der Waals surface area contributed by atoms with Crippen LogP contribution in [-0.4, -0.2) is 22.5 Å². The highest BCUT2D eigenvalue weighted by molar-refractivity contribution is 7.15. The lowest BCUT2D eigenvalue weighted by molar-refractivity contribution is 0.389. The van der Waals surface area contributed by atoms with Crippen molar-refractivity contribution in [1.82, 2.24) is 14.7 Å². The van der Waals surface area contributed by atoms with Crippen molar-refractivity contribution in [3.63, 3.8) is 0 Å². The Bertz CT molecular complexity index is 520. The van der Waals surface area contributed by atoms with E-state index in [0.717, 1.165) is 23.1 Å². The topological polar surface area (TPSA) is 38.6 Å². The summed E-state index contributed by atoms with van der Waals surface area (Å²) in [6, 6.07) is 0.528. The predicted molar refractivity (Wildman–Crippen MR) is 84.7 cm³/mol. The molecule has 2 rings (SSSR count). The summed E-state index contributed by atoms with van der Waals surface area (Å²) in [7, 11) is 1.68. The summed E-state index contributed by atoms with van der Waals surface area (Å²) in [6.07, 6.45) is 8.57. The van der Waals surface area contributed by atoms with E-state index >= 15 is 0 Å². The van der Waals surface area contributed by atoms with Gasteiger partial charge >= 0.3 is 0 Å². The Morgan fingerprint density at radius 3 is 3.00 bits per heavy atom. The molecule has 0 spiro atoms. The van der Waals surface area contributed by atoms with Gasteiger partial charge in [0.15, 0.2) is 4.96 Å². The van der Waals surface area contributed by atoms with Crippen LogP contribution in [0.5, 0.6) is 5.88 Å². The van der Waals surface area contributed by atoms with Crippen molar-refractivity contribution < 1.29 is 4.74 Å². The average molecular weight is 295 g/mol. The molecule has 2 heterocycles. The number of nitrogens with zero attached hydrogens (tertiary/aromatic N) is 2. The molecule has 20 heavy (non-hydrogen) atoms. The van der Waals surface area contributed by atoms with Crippen molar-refractivity contribution in [2.45, 2.75) is 58.5 Å². The Balaban J connectivity index is 1.86. The second kappa shape index (κ2) is 7.64. The summed E-state index contributed by atoms with van der Waals surface area (Å²) in [6.45, 7) is 5.31. The molecule has 0 saturated heterocycles. The summed E-state index contributed by atoms with van der Waals surface area (Å²) < 4.78 is 7.48. The highest BCUT2D eigenvalue weighted by atomic mass is 32.1. The summed E-state index contributed by atoms with van der Waals surface area (Å²) in [5.41, 5.74) is 1.11. The van der Waals surface area contributed by atoms with Crippen molar-refractivity contribution in [3.8, 4) is 5.88 Å². The fraction of sp³-hybridized carbons (Fsp3) is 0.667. The number of hydrogen-bond acceptors (Lipinski definition) is 4. The first kappa shape index (κ1) is 15.3. The van der Waals surface area contributed by atoms with Crippen molar-refractivity contribution in [3.05, 3.63) is 17.3 Å². The lowest BCUT2D eigenvalue weighted by Gasteiger charge is -2.13. The Labute approximate surface area is 125 Å². The largest absolute Gasteiger partial charge is 0.480 e. The van der Waals surface area contributed by atoms with Gasteiger partial charge in [0.05, 0.1) is 7.11 Å². The summed E-state index contributed by atoms with van der Waals surface area (Å²) in [5, 5.41) is 5.64. The van der Waals surface area contributed by atoms with Gasteiger partial charge in [-0.25, -0.2) is 0 Å². The van der Waals surface area contributed by atoms with Gasteiger partial charge in [-0.3, -0.25) is 4.40 Å². The number of methoxy groups -OCH3 is 1. The zero-order valence-electron chi connectivity index (χ0n) is 12.7. The van der Waals surface area contributed by atoms with E-state index in [1.54, 1.807) is 18.4 Å². The van der Waals surface area contributed by atoms with E-state index in [0.29, 0.717) is 6.04 Å². The van der Waals surface area contributed by atoms with E-state index in [9.17, 15) is 0 Å². The molecule has 0 aliphatic heterocycles. The first-order chi connectivity index (χ1) is 9.76. The Kier molecular flexibility index (Phi) is 5.86. The minimum atomic E-state index is 0.528. The van der Waals surface area contributed by atoms with Gasteiger partial charge in [0.2, 0.25) is 5.88 Å². The quantitative estimate of drug-likeness (QED) is 0.714. The molecule has 2 aromatic rings. The zero-order chi connectivity index (χ0) is 14.4. The second-order valence-corrected chi connectivity index (χ2v) is 6.13. The van der Waals surface area contributed by atoms with Crippen LogP contribution in [0.25, 0.3) is 4.96 Å². The highest BCUT2D eigenvalue weighted by Gasteiger charge is 2.14. The number of ether oxygens (including phenoxy) is 1. The van der Waals surface area contributed by atoms with Gasteiger partial charge in [-0.05, 0) is 13.3 Å². The molecule has 0 aromatic carbocycles. The summed E-state index contributed by atoms with van der Waals surface area (Å²) in [5.74, 6) is 0.738. The molecule has 0 aliphatic rings. The van der Waals surface area contributed by atoms with Crippen LogP contribution in [-0.2, 0) is 6.54 Å². The minimum Gasteiger partial charge on any atom is -0.480 e. The third kappa shape index (κ3) is 3.73. The molecule has 0 fully saturated rings. The van der Waals surface area contributed by atoms with E-state index in [-0.39, 0.29) is 0 Å². The van der Waals surface area contributed by atoms with Crippen LogP contribution in [0.2, 0.25) is 0 Å². The number of unbranched alkanes of at least 4 members (excludes halogenated alkanes) is 3. The molecule has 112 valence electrons. The van der Waals surface area contributed by atoms with Crippen LogP contribution in [0.4, 0.5) is 0 Å². The van der Waals surface area contributed by atoms with Crippen molar-refractivity contribution in [1.29, 1.82) is 0 Å². The van der Waals surface area contributed by atoms with Gasteiger partial charge in [0.25, 0.3) is 0 Å². The van der Waals surface area contributed by atoms with E-state index in [1.807, 2.05) is 0 Å². The van der Waals surface area contributed by atoms with Crippen LogP contribution in [0.1, 0.15) is 51.6 Å². The molecular weight excluding hydrogens is 270 g/mol. The normalized spacial score (nSPS) is 12.9. The predicted octanol–water partition coefficient (Wildman–Crippen LogP) is 3.85. The van der Waals surface area contributed by atoms with Crippen LogP contribution >= 0.6 is 11.3 Å². The number of aromatic nitrogens is 2. The third-order valence-corrected chi connectivity index (χ3v) is 4.38. The zero-order valence-corrected chi connectivity index (χ0v) is 13.5. The van der Waals surface area contributed by atoms with Crippen molar-refractivity contribution in [2.24, 2.45) is 0 Å². The van der Waals surface area contributed by atoms with Gasteiger partial charge in [0, 0.05) is 24.2 Å². The van der Waals surface area contributed by atoms with Crippen LogP contribution in [0, 0.1) is 0 Å². The third-order valence-electron chi connectivity index (χ3n) is 3.63. The molecule has 1 unspecified atom stereocenters. The maximum absolute atomic E-state index is 5.37. The first-order valence-corrected chi connectivity index (χ1v) is 8.36. The Morgan fingerprint density at radius 1 is 1.40 bits per heavy atom. The molecule has 1 N–H and O–H groups in total. The number of imidazole rings is 1. The maximum atomic E-state index is 5.37. The fourth-order valence-electron chi connectivity index (χ4n) is 2.39. The van der Waals surface area contributed by atoms with E-state index < -0.39 is 0 Å². The molecule has 4 nitrogen and oxygen atoms in total. The van der Waals surface area contributed by atoms with E-state index in [1.165, 1.54) is 32.1 Å². The van der Waals surface area contributed by atoms with E-state index in [2.05, 4.69) is 40.1 Å². The number of rotatable bonds is 9. The molecule has 2 aromatic heterocycles. The molecule has 0 aliphatic carbocycles. The molecule has 1 atom stereocenters. The van der Waals surface area contributed by atoms with Gasteiger partial charge in [-0.1, -0.05) is 32.6 Å². The fourth-order valence-corrected chi connectivity index (χ4v) is 3.11. The van der Waals surface area contributed by atoms with Gasteiger partial charge < -0.3 is 10.1 Å². The minimum absolute atomic E-state index is 0.528. The highest BCUT2D eigenvalue weighted by Crippen LogP contribution is 2.23. The number of nitrogens with one attached hydrogen (secondary N) is 1. The molecule has 0 bridgehead atoms.